The Labute approximate surface area is 132 Å². The van der Waals surface area contributed by atoms with Crippen LogP contribution in [-0.2, 0) is 6.42 Å². The fraction of sp³-hybridized carbons (Fsp3) is 0.125. The highest BCUT2D eigenvalue weighted by Crippen LogP contribution is 2.12. The summed E-state index contributed by atoms with van der Waals surface area (Å²) >= 11 is 0. The third-order valence-electron chi connectivity index (χ3n) is 3.34. The normalized spacial score (nSPS) is 10.4. The number of benzene rings is 1. The van der Waals surface area contributed by atoms with Crippen LogP contribution in [-0.4, -0.2) is 26.2 Å². The van der Waals surface area contributed by atoms with Crippen LogP contribution in [0, 0.1) is 10.1 Å². The van der Waals surface area contributed by atoms with Gasteiger partial charge in [0.15, 0.2) is 0 Å². The molecule has 0 aliphatic heterocycles. The van der Waals surface area contributed by atoms with Crippen molar-refractivity contribution in [1.29, 1.82) is 0 Å². The van der Waals surface area contributed by atoms with Crippen LogP contribution >= 0.6 is 0 Å². The van der Waals surface area contributed by atoms with Crippen LogP contribution in [0.1, 0.15) is 5.56 Å². The van der Waals surface area contributed by atoms with Gasteiger partial charge in [-0.2, -0.15) is 5.10 Å². The number of rotatable bonds is 6. The Kier molecular flexibility index (Phi) is 4.28. The predicted molar refractivity (Wildman–Crippen MR) is 86.6 cm³/mol. The van der Waals surface area contributed by atoms with Gasteiger partial charge in [-0.3, -0.25) is 10.1 Å². The Morgan fingerprint density at radius 1 is 1.13 bits per heavy atom. The summed E-state index contributed by atoms with van der Waals surface area (Å²) in [5.74, 6) is 0.617. The first kappa shape index (κ1) is 14.7. The topological polar surface area (TPSA) is 85.9 Å². The van der Waals surface area contributed by atoms with E-state index in [1.54, 1.807) is 6.07 Å². The first-order chi connectivity index (χ1) is 11.2. The molecule has 0 atom stereocenters. The largest absolute Gasteiger partial charge is 0.370 e. The van der Waals surface area contributed by atoms with E-state index in [2.05, 4.69) is 15.4 Å². The standard InChI is InChI=1S/C16H15N5O2/c22-21(23)15-6-7-16(18-11-15)17-9-8-13-10-19-20(12-13)14-4-2-1-3-5-14/h1-7,10-12H,8-9H2,(H,17,18). The maximum atomic E-state index is 10.6. The lowest BCUT2D eigenvalue weighted by molar-refractivity contribution is -0.385. The van der Waals surface area contributed by atoms with Gasteiger partial charge in [-0.05, 0) is 30.2 Å². The van der Waals surface area contributed by atoms with Crippen molar-refractivity contribution in [2.24, 2.45) is 0 Å². The quantitative estimate of drug-likeness (QED) is 0.559. The van der Waals surface area contributed by atoms with Crippen molar-refractivity contribution in [2.45, 2.75) is 6.42 Å². The minimum absolute atomic E-state index is 0.0142. The van der Waals surface area contributed by atoms with E-state index in [9.17, 15) is 10.1 Å². The second-order valence-corrected chi connectivity index (χ2v) is 4.96. The molecule has 7 nitrogen and oxygen atoms in total. The van der Waals surface area contributed by atoms with Crippen LogP contribution in [0.2, 0.25) is 0 Å². The molecule has 1 N–H and O–H groups in total. The van der Waals surface area contributed by atoms with Crippen LogP contribution in [0.4, 0.5) is 11.5 Å². The zero-order valence-electron chi connectivity index (χ0n) is 12.3. The van der Waals surface area contributed by atoms with Crippen molar-refractivity contribution in [3.8, 4) is 5.69 Å². The third-order valence-corrected chi connectivity index (χ3v) is 3.34. The number of hydrogen-bond donors (Lipinski definition) is 1. The lowest BCUT2D eigenvalue weighted by Crippen LogP contribution is -2.06. The Balaban J connectivity index is 1.55. The van der Waals surface area contributed by atoms with Crippen LogP contribution in [0.5, 0.6) is 0 Å². The molecular weight excluding hydrogens is 294 g/mol. The molecule has 1 aromatic carbocycles. The molecule has 0 saturated heterocycles. The van der Waals surface area contributed by atoms with Crippen molar-refractivity contribution in [3.63, 3.8) is 0 Å². The molecular formula is C16H15N5O2. The SMILES string of the molecule is O=[N+]([O-])c1ccc(NCCc2cnn(-c3ccccc3)c2)nc1. The van der Waals surface area contributed by atoms with Gasteiger partial charge >= 0.3 is 0 Å². The molecule has 0 radical (unpaired) electrons. The summed E-state index contributed by atoms with van der Waals surface area (Å²) < 4.78 is 1.83. The molecule has 2 aromatic heterocycles. The molecule has 3 rings (SSSR count). The predicted octanol–water partition coefficient (Wildman–Crippen LogP) is 2.83. The highest BCUT2D eigenvalue weighted by atomic mass is 16.6. The maximum absolute atomic E-state index is 10.6. The van der Waals surface area contributed by atoms with Gasteiger partial charge in [-0.15, -0.1) is 0 Å². The first-order valence-corrected chi connectivity index (χ1v) is 7.16. The average molecular weight is 309 g/mol. The van der Waals surface area contributed by atoms with Gasteiger partial charge in [0.05, 0.1) is 16.8 Å². The van der Waals surface area contributed by atoms with Gasteiger partial charge in [0.2, 0.25) is 0 Å². The highest BCUT2D eigenvalue weighted by Gasteiger charge is 2.05. The number of hydrogen-bond acceptors (Lipinski definition) is 5. The van der Waals surface area contributed by atoms with Crippen LogP contribution in [0.25, 0.3) is 5.69 Å². The van der Waals surface area contributed by atoms with E-state index in [0.29, 0.717) is 12.4 Å². The maximum Gasteiger partial charge on any atom is 0.287 e. The van der Waals surface area contributed by atoms with Crippen LogP contribution < -0.4 is 5.32 Å². The van der Waals surface area contributed by atoms with E-state index >= 15 is 0 Å². The molecule has 23 heavy (non-hydrogen) atoms. The summed E-state index contributed by atoms with van der Waals surface area (Å²) in [6.07, 6.45) is 5.85. The van der Waals surface area contributed by atoms with Gasteiger partial charge in [0, 0.05) is 18.8 Å². The van der Waals surface area contributed by atoms with E-state index in [1.807, 2.05) is 47.4 Å². The number of aromatic nitrogens is 3. The summed E-state index contributed by atoms with van der Waals surface area (Å²) in [6, 6.07) is 12.9. The number of nitrogens with zero attached hydrogens (tertiary/aromatic N) is 4. The van der Waals surface area contributed by atoms with Crippen molar-refractivity contribution < 1.29 is 4.92 Å². The van der Waals surface area contributed by atoms with Crippen molar-refractivity contribution in [1.82, 2.24) is 14.8 Å². The average Bonchev–Trinajstić information content (AvgIpc) is 3.05. The fourth-order valence-electron chi connectivity index (χ4n) is 2.14. The van der Waals surface area contributed by atoms with Gasteiger partial charge < -0.3 is 5.32 Å². The molecule has 0 saturated carbocycles. The lowest BCUT2D eigenvalue weighted by atomic mass is 10.2. The summed E-state index contributed by atoms with van der Waals surface area (Å²) in [7, 11) is 0. The van der Waals surface area contributed by atoms with Crippen LogP contribution in [0.15, 0.2) is 61.1 Å². The molecule has 116 valence electrons. The number of para-hydroxylation sites is 1. The third kappa shape index (κ3) is 3.70. The molecule has 2 heterocycles. The molecule has 0 unspecified atom stereocenters. The van der Waals surface area contributed by atoms with Crippen LogP contribution in [0.3, 0.4) is 0 Å². The van der Waals surface area contributed by atoms with E-state index in [0.717, 1.165) is 17.7 Å². The van der Waals surface area contributed by atoms with E-state index in [-0.39, 0.29) is 5.69 Å². The van der Waals surface area contributed by atoms with E-state index < -0.39 is 4.92 Å². The second-order valence-electron chi connectivity index (χ2n) is 4.96. The molecule has 7 heteroatoms. The first-order valence-electron chi connectivity index (χ1n) is 7.16. The number of anilines is 1. The molecule has 0 spiro atoms. The Bertz CT molecular complexity index is 784. The lowest BCUT2D eigenvalue weighted by Gasteiger charge is -2.03. The smallest absolute Gasteiger partial charge is 0.287 e. The summed E-state index contributed by atoms with van der Waals surface area (Å²) in [5, 5.41) is 18.0. The minimum Gasteiger partial charge on any atom is -0.370 e. The molecule has 0 fully saturated rings. The molecule has 0 aliphatic rings. The Morgan fingerprint density at radius 3 is 2.65 bits per heavy atom. The van der Waals surface area contributed by atoms with E-state index in [4.69, 9.17) is 0 Å². The van der Waals surface area contributed by atoms with Gasteiger partial charge in [0.1, 0.15) is 12.0 Å². The van der Waals surface area contributed by atoms with Gasteiger partial charge in [-0.25, -0.2) is 9.67 Å². The Hall–Kier alpha value is -3.22. The number of pyridine rings is 1. The zero-order valence-corrected chi connectivity index (χ0v) is 12.3. The second kappa shape index (κ2) is 6.69. The number of nitrogens with one attached hydrogen (secondary N) is 1. The highest BCUT2D eigenvalue weighted by molar-refractivity contribution is 5.40. The van der Waals surface area contributed by atoms with Gasteiger partial charge in [-0.1, -0.05) is 18.2 Å². The minimum atomic E-state index is -0.464. The van der Waals surface area contributed by atoms with Crippen molar-refractivity contribution in [3.05, 3.63) is 76.7 Å². The summed E-state index contributed by atoms with van der Waals surface area (Å²) in [6.45, 7) is 0.672. The van der Waals surface area contributed by atoms with Crippen molar-refractivity contribution >= 4 is 11.5 Å². The van der Waals surface area contributed by atoms with Crippen molar-refractivity contribution in [2.75, 3.05) is 11.9 Å². The molecule has 0 bridgehead atoms. The molecule has 3 aromatic rings. The zero-order chi connectivity index (χ0) is 16.1. The van der Waals surface area contributed by atoms with E-state index in [1.165, 1.54) is 12.3 Å². The molecule has 0 amide bonds. The van der Waals surface area contributed by atoms with Gasteiger partial charge in [0.25, 0.3) is 5.69 Å². The monoisotopic (exact) mass is 309 g/mol. The Morgan fingerprint density at radius 2 is 1.96 bits per heavy atom. The fourth-order valence-corrected chi connectivity index (χ4v) is 2.14. The molecule has 0 aliphatic carbocycles. The summed E-state index contributed by atoms with van der Waals surface area (Å²) in [5.41, 5.74) is 2.10. The summed E-state index contributed by atoms with van der Waals surface area (Å²) in [4.78, 5) is 14.1. The number of nitro groups is 1.